The summed E-state index contributed by atoms with van der Waals surface area (Å²) in [5, 5.41) is 7.25. The lowest BCUT2D eigenvalue weighted by molar-refractivity contribution is 0.746. The molecule has 2 rings (SSSR count). The van der Waals surface area contributed by atoms with Gasteiger partial charge in [0.15, 0.2) is 0 Å². The van der Waals surface area contributed by atoms with E-state index in [-0.39, 0.29) is 0 Å². The van der Waals surface area contributed by atoms with Crippen molar-refractivity contribution in [2.24, 2.45) is 7.05 Å². The van der Waals surface area contributed by atoms with Crippen molar-refractivity contribution in [2.75, 3.05) is 11.1 Å². The second kappa shape index (κ2) is 3.95. The number of nitrogens with zero attached hydrogens (tertiary/aromatic N) is 4. The van der Waals surface area contributed by atoms with Crippen molar-refractivity contribution in [1.82, 2.24) is 19.7 Å². The highest BCUT2D eigenvalue weighted by atomic mass is 15.3. The molecule has 0 bridgehead atoms. The Morgan fingerprint density at radius 1 is 1.47 bits per heavy atom. The Hall–Kier alpha value is -2.11. The molecule has 6 nitrogen and oxygen atoms in total. The SMILES string of the molecule is Cn1ccc(CNc2nccc(N)n2)n1. The summed E-state index contributed by atoms with van der Waals surface area (Å²) in [6.45, 7) is 0.588. The fraction of sp³-hybridized carbons (Fsp3) is 0.222. The van der Waals surface area contributed by atoms with E-state index in [2.05, 4.69) is 20.4 Å². The Kier molecular flexibility index (Phi) is 2.49. The van der Waals surface area contributed by atoms with Gasteiger partial charge in [-0.2, -0.15) is 10.1 Å². The van der Waals surface area contributed by atoms with Crippen molar-refractivity contribution in [3.8, 4) is 0 Å². The lowest BCUT2D eigenvalue weighted by atomic mass is 10.4. The Balaban J connectivity index is 1.99. The molecular weight excluding hydrogens is 192 g/mol. The fourth-order valence-corrected chi connectivity index (χ4v) is 1.18. The van der Waals surface area contributed by atoms with Gasteiger partial charge in [0.1, 0.15) is 5.82 Å². The van der Waals surface area contributed by atoms with Crippen LogP contribution >= 0.6 is 0 Å². The van der Waals surface area contributed by atoms with E-state index in [4.69, 9.17) is 5.73 Å². The third kappa shape index (κ3) is 2.43. The number of aryl methyl sites for hydroxylation is 1. The molecule has 0 amide bonds. The monoisotopic (exact) mass is 204 g/mol. The highest BCUT2D eigenvalue weighted by Crippen LogP contribution is 2.03. The van der Waals surface area contributed by atoms with Gasteiger partial charge in [0, 0.05) is 19.4 Å². The van der Waals surface area contributed by atoms with Gasteiger partial charge in [-0.3, -0.25) is 4.68 Å². The first-order valence-corrected chi connectivity index (χ1v) is 4.55. The number of nitrogens with two attached hydrogens (primary N) is 1. The lowest BCUT2D eigenvalue weighted by Crippen LogP contribution is -2.05. The standard InChI is InChI=1S/C9H12N6/c1-15-5-3-7(14-15)6-12-9-11-4-2-8(10)13-9/h2-5H,6H2,1H3,(H3,10,11,12,13). The summed E-state index contributed by atoms with van der Waals surface area (Å²) in [5.74, 6) is 0.967. The summed E-state index contributed by atoms with van der Waals surface area (Å²) >= 11 is 0. The first kappa shape index (κ1) is 9.45. The van der Waals surface area contributed by atoms with Gasteiger partial charge in [0.2, 0.25) is 5.95 Å². The summed E-state index contributed by atoms with van der Waals surface area (Å²) in [5.41, 5.74) is 6.45. The van der Waals surface area contributed by atoms with Crippen LogP contribution in [0.2, 0.25) is 0 Å². The van der Waals surface area contributed by atoms with Crippen LogP contribution in [0.4, 0.5) is 11.8 Å². The number of hydrogen-bond donors (Lipinski definition) is 2. The van der Waals surface area contributed by atoms with Gasteiger partial charge < -0.3 is 11.1 Å². The lowest BCUT2D eigenvalue weighted by Gasteiger charge is -2.02. The minimum atomic E-state index is 0.452. The smallest absolute Gasteiger partial charge is 0.224 e. The molecule has 0 aliphatic carbocycles. The molecule has 0 atom stereocenters. The molecule has 6 heteroatoms. The predicted octanol–water partition coefficient (Wildman–Crippen LogP) is 0.404. The van der Waals surface area contributed by atoms with Crippen LogP contribution in [0.15, 0.2) is 24.5 Å². The van der Waals surface area contributed by atoms with Crippen LogP contribution in [-0.4, -0.2) is 19.7 Å². The van der Waals surface area contributed by atoms with Gasteiger partial charge in [-0.25, -0.2) is 4.98 Å². The number of hydrogen-bond acceptors (Lipinski definition) is 5. The second-order valence-corrected chi connectivity index (χ2v) is 3.14. The molecule has 78 valence electrons. The maximum atomic E-state index is 5.52. The number of nitrogens with one attached hydrogen (secondary N) is 1. The van der Waals surface area contributed by atoms with Gasteiger partial charge in [-0.05, 0) is 12.1 Å². The molecular formula is C9H12N6. The third-order valence-electron chi connectivity index (χ3n) is 1.87. The molecule has 0 saturated heterocycles. The molecule has 0 radical (unpaired) electrons. The van der Waals surface area contributed by atoms with Gasteiger partial charge in [0.05, 0.1) is 12.2 Å². The fourth-order valence-electron chi connectivity index (χ4n) is 1.18. The normalized spacial score (nSPS) is 10.2. The van der Waals surface area contributed by atoms with Gasteiger partial charge in [0.25, 0.3) is 0 Å². The maximum Gasteiger partial charge on any atom is 0.224 e. The Labute approximate surface area is 87.2 Å². The minimum Gasteiger partial charge on any atom is -0.384 e. The van der Waals surface area contributed by atoms with E-state index in [0.29, 0.717) is 18.3 Å². The van der Waals surface area contributed by atoms with Crippen LogP contribution < -0.4 is 11.1 Å². The molecule has 3 N–H and O–H groups in total. The van der Waals surface area contributed by atoms with Crippen molar-refractivity contribution in [2.45, 2.75) is 6.54 Å². The minimum absolute atomic E-state index is 0.452. The zero-order chi connectivity index (χ0) is 10.7. The topological polar surface area (TPSA) is 81.7 Å². The molecule has 0 saturated carbocycles. The number of nitrogen functional groups attached to an aromatic ring is 1. The molecule has 0 fully saturated rings. The van der Waals surface area contributed by atoms with Crippen LogP contribution in [0.5, 0.6) is 0 Å². The van der Waals surface area contributed by atoms with Crippen LogP contribution in [-0.2, 0) is 13.6 Å². The largest absolute Gasteiger partial charge is 0.384 e. The average molecular weight is 204 g/mol. The molecule has 2 heterocycles. The second-order valence-electron chi connectivity index (χ2n) is 3.14. The zero-order valence-corrected chi connectivity index (χ0v) is 8.38. The molecule has 15 heavy (non-hydrogen) atoms. The molecule has 0 aliphatic heterocycles. The summed E-state index contributed by atoms with van der Waals surface area (Å²) < 4.78 is 1.75. The van der Waals surface area contributed by atoms with Crippen molar-refractivity contribution >= 4 is 11.8 Å². The van der Waals surface area contributed by atoms with Gasteiger partial charge in [-0.15, -0.1) is 0 Å². The summed E-state index contributed by atoms with van der Waals surface area (Å²) in [6.07, 6.45) is 3.50. The van der Waals surface area contributed by atoms with Crippen LogP contribution in [0.3, 0.4) is 0 Å². The quantitative estimate of drug-likeness (QED) is 0.756. The Morgan fingerprint density at radius 2 is 2.33 bits per heavy atom. The number of aromatic nitrogens is 4. The van der Waals surface area contributed by atoms with Crippen LogP contribution in [0.25, 0.3) is 0 Å². The Bertz CT molecular complexity index is 449. The molecule has 0 unspecified atom stereocenters. The molecule has 0 aliphatic rings. The van der Waals surface area contributed by atoms with E-state index in [1.807, 2.05) is 19.3 Å². The average Bonchev–Trinajstić information content (AvgIpc) is 2.62. The van der Waals surface area contributed by atoms with Crippen LogP contribution in [0.1, 0.15) is 5.69 Å². The van der Waals surface area contributed by atoms with Crippen molar-refractivity contribution in [3.63, 3.8) is 0 Å². The van der Waals surface area contributed by atoms with E-state index >= 15 is 0 Å². The molecule has 2 aromatic rings. The number of anilines is 2. The Morgan fingerprint density at radius 3 is 3.00 bits per heavy atom. The summed E-state index contributed by atoms with van der Waals surface area (Å²) in [4.78, 5) is 8.04. The summed E-state index contributed by atoms with van der Waals surface area (Å²) in [6, 6.07) is 3.57. The van der Waals surface area contributed by atoms with Crippen molar-refractivity contribution < 1.29 is 0 Å². The highest BCUT2D eigenvalue weighted by molar-refractivity contribution is 5.35. The van der Waals surface area contributed by atoms with E-state index in [9.17, 15) is 0 Å². The van der Waals surface area contributed by atoms with Gasteiger partial charge in [-0.1, -0.05) is 0 Å². The van der Waals surface area contributed by atoms with Gasteiger partial charge >= 0.3 is 0 Å². The third-order valence-corrected chi connectivity index (χ3v) is 1.87. The first-order valence-electron chi connectivity index (χ1n) is 4.55. The maximum absolute atomic E-state index is 5.52. The van der Waals surface area contributed by atoms with Crippen LogP contribution in [0, 0.1) is 0 Å². The van der Waals surface area contributed by atoms with E-state index in [1.165, 1.54) is 0 Å². The van der Waals surface area contributed by atoms with E-state index in [0.717, 1.165) is 5.69 Å². The first-order chi connectivity index (χ1) is 7.24. The molecule has 2 aromatic heterocycles. The zero-order valence-electron chi connectivity index (χ0n) is 8.38. The highest BCUT2D eigenvalue weighted by Gasteiger charge is 1.99. The van der Waals surface area contributed by atoms with Crippen molar-refractivity contribution in [3.05, 3.63) is 30.2 Å². The predicted molar refractivity (Wildman–Crippen MR) is 57.0 cm³/mol. The molecule has 0 spiro atoms. The van der Waals surface area contributed by atoms with E-state index < -0.39 is 0 Å². The summed E-state index contributed by atoms with van der Waals surface area (Å²) in [7, 11) is 1.88. The van der Waals surface area contributed by atoms with Crippen molar-refractivity contribution in [1.29, 1.82) is 0 Å². The van der Waals surface area contributed by atoms with E-state index in [1.54, 1.807) is 16.9 Å². The number of rotatable bonds is 3. The molecule has 0 aromatic carbocycles.